The van der Waals surface area contributed by atoms with E-state index in [0.29, 0.717) is 12.8 Å². The molecule has 3 rings (SSSR count). The Morgan fingerprint density at radius 3 is 2.52 bits per heavy atom. The summed E-state index contributed by atoms with van der Waals surface area (Å²) in [6, 6.07) is 5.70. The van der Waals surface area contributed by atoms with E-state index in [9.17, 15) is 28.4 Å². The Hall–Kier alpha value is -2.48. The zero-order chi connectivity index (χ0) is 24.4. The number of hydrogen-bond acceptors (Lipinski definition) is 7. The highest BCUT2D eigenvalue weighted by Gasteiger charge is 2.45. The number of benzene rings is 1. The Morgan fingerprint density at radius 2 is 1.91 bits per heavy atom. The van der Waals surface area contributed by atoms with E-state index in [1.54, 1.807) is 13.0 Å². The summed E-state index contributed by atoms with van der Waals surface area (Å²) in [6.45, 7) is 2.83. The smallest absolute Gasteiger partial charge is 0.325 e. The van der Waals surface area contributed by atoms with Crippen molar-refractivity contribution in [2.75, 3.05) is 20.2 Å². The van der Waals surface area contributed by atoms with E-state index < -0.39 is 46.2 Å². The van der Waals surface area contributed by atoms with Crippen LogP contribution in [0.5, 0.6) is 0 Å². The first-order valence-corrected chi connectivity index (χ1v) is 12.6. The van der Waals surface area contributed by atoms with E-state index in [2.05, 4.69) is 6.07 Å². The molecule has 1 aliphatic heterocycles. The number of amides is 1. The van der Waals surface area contributed by atoms with E-state index in [4.69, 9.17) is 4.74 Å². The molecule has 1 aromatic carbocycles. The van der Waals surface area contributed by atoms with Crippen LogP contribution in [0.3, 0.4) is 0 Å². The molecule has 2 aliphatic rings. The van der Waals surface area contributed by atoms with Crippen molar-refractivity contribution >= 4 is 21.9 Å². The van der Waals surface area contributed by atoms with Gasteiger partial charge < -0.3 is 14.7 Å². The molecule has 1 aliphatic carbocycles. The average molecular weight is 478 g/mol. The lowest BCUT2D eigenvalue weighted by atomic mass is 9.81. The van der Waals surface area contributed by atoms with Gasteiger partial charge in [-0.05, 0) is 49.9 Å². The summed E-state index contributed by atoms with van der Waals surface area (Å²) in [5.41, 5.74) is 0.809. The van der Waals surface area contributed by atoms with Gasteiger partial charge in [-0.1, -0.05) is 25.3 Å². The van der Waals surface area contributed by atoms with Gasteiger partial charge in [-0.15, -0.1) is 0 Å². The summed E-state index contributed by atoms with van der Waals surface area (Å²) in [7, 11) is -2.53. The maximum absolute atomic E-state index is 13.2. The highest BCUT2D eigenvalue weighted by atomic mass is 32.2. The highest BCUT2D eigenvalue weighted by Crippen LogP contribution is 2.33. The van der Waals surface area contributed by atoms with Gasteiger partial charge in [-0.3, -0.25) is 9.59 Å². The molecule has 0 aromatic heterocycles. The first-order valence-electron chi connectivity index (χ1n) is 11.1. The van der Waals surface area contributed by atoms with Crippen molar-refractivity contribution < 1.29 is 27.9 Å². The molecule has 1 N–H and O–H groups in total. The molecule has 33 heavy (non-hydrogen) atoms. The second kappa shape index (κ2) is 9.79. The number of rotatable bonds is 6. The van der Waals surface area contributed by atoms with Gasteiger partial charge >= 0.3 is 5.97 Å². The monoisotopic (exact) mass is 477 g/mol. The molecule has 0 spiro atoms. The number of hydrogen-bond donors (Lipinski definition) is 1. The molecular formula is C23H31N3O6S. The van der Waals surface area contributed by atoms with Gasteiger partial charge in [0.05, 0.1) is 17.1 Å². The molecule has 1 aromatic rings. The minimum atomic E-state index is -4.06. The maximum atomic E-state index is 13.2. The van der Waals surface area contributed by atoms with Crippen molar-refractivity contribution in [3.63, 3.8) is 0 Å². The Kier molecular flexibility index (Phi) is 7.46. The minimum absolute atomic E-state index is 0.0292. The van der Waals surface area contributed by atoms with E-state index in [-0.39, 0.29) is 17.9 Å². The van der Waals surface area contributed by atoms with Crippen molar-refractivity contribution in [3.8, 4) is 6.07 Å². The molecule has 1 saturated carbocycles. The lowest BCUT2D eigenvalue weighted by molar-refractivity contribution is -0.156. The SMILES string of the molecule is Cc1ccc(S(=O)(=O)N2CC(O)C[C@H]2C(=O)OCC(=O)N(C)C2(C#N)CCCCC2)cc1C. The van der Waals surface area contributed by atoms with Crippen molar-refractivity contribution in [1.29, 1.82) is 5.26 Å². The second-order valence-electron chi connectivity index (χ2n) is 8.99. The fourth-order valence-electron chi connectivity index (χ4n) is 4.50. The molecule has 180 valence electrons. The average Bonchev–Trinajstić information content (AvgIpc) is 3.21. The second-order valence-corrected chi connectivity index (χ2v) is 10.9. The number of aryl methyl sites for hydroxylation is 2. The molecular weight excluding hydrogens is 446 g/mol. The van der Waals surface area contributed by atoms with E-state index >= 15 is 0 Å². The van der Waals surface area contributed by atoms with E-state index in [1.165, 1.54) is 24.1 Å². The number of likely N-dealkylation sites (N-methyl/N-ethyl adjacent to an activating group) is 1. The van der Waals surface area contributed by atoms with Crippen LogP contribution < -0.4 is 0 Å². The van der Waals surface area contributed by atoms with Gasteiger partial charge in [0.2, 0.25) is 10.0 Å². The number of nitriles is 1. The topological polar surface area (TPSA) is 128 Å². The lowest BCUT2D eigenvalue weighted by Crippen LogP contribution is -2.51. The summed E-state index contributed by atoms with van der Waals surface area (Å²) in [6.07, 6.45) is 2.69. The Morgan fingerprint density at radius 1 is 1.24 bits per heavy atom. The van der Waals surface area contributed by atoms with Crippen molar-refractivity contribution in [2.24, 2.45) is 0 Å². The van der Waals surface area contributed by atoms with Crippen LogP contribution in [-0.4, -0.2) is 72.5 Å². The largest absolute Gasteiger partial charge is 0.454 e. The van der Waals surface area contributed by atoms with Gasteiger partial charge in [0.15, 0.2) is 6.61 Å². The highest BCUT2D eigenvalue weighted by molar-refractivity contribution is 7.89. The molecule has 1 amide bonds. The Bertz CT molecular complexity index is 1060. The third kappa shape index (κ3) is 5.05. The molecule has 0 bridgehead atoms. The van der Waals surface area contributed by atoms with Crippen LogP contribution in [0.15, 0.2) is 23.1 Å². The number of aliphatic hydroxyl groups is 1. The summed E-state index contributed by atoms with van der Waals surface area (Å²) >= 11 is 0. The third-order valence-electron chi connectivity index (χ3n) is 6.83. The van der Waals surface area contributed by atoms with Gasteiger partial charge in [0.25, 0.3) is 5.91 Å². The summed E-state index contributed by atoms with van der Waals surface area (Å²) in [5, 5.41) is 19.8. The number of esters is 1. The van der Waals surface area contributed by atoms with Gasteiger partial charge in [0.1, 0.15) is 11.6 Å². The standard InChI is InChI=1S/C23H31N3O6S/c1-16-7-8-19(11-17(16)2)33(30,31)26-13-18(27)12-20(26)22(29)32-14-21(28)25(3)23(15-24)9-5-4-6-10-23/h7-8,11,18,20,27H,4-6,9-10,12-14H2,1-3H3/t18?,20-/m0/s1. The molecule has 0 radical (unpaired) electrons. The number of aliphatic hydroxyl groups excluding tert-OH is 1. The van der Waals surface area contributed by atoms with Crippen LogP contribution in [-0.2, 0) is 24.3 Å². The number of sulfonamides is 1. The van der Waals surface area contributed by atoms with Gasteiger partial charge in [0, 0.05) is 20.0 Å². The minimum Gasteiger partial charge on any atom is -0.454 e. The molecule has 1 unspecified atom stereocenters. The number of ether oxygens (including phenoxy) is 1. The Balaban J connectivity index is 1.71. The number of carbonyl (C=O) groups excluding carboxylic acids is 2. The van der Waals surface area contributed by atoms with E-state index in [1.807, 2.05) is 6.92 Å². The fraction of sp³-hybridized carbons (Fsp3) is 0.609. The quantitative estimate of drug-likeness (QED) is 0.617. The zero-order valence-electron chi connectivity index (χ0n) is 19.3. The summed E-state index contributed by atoms with van der Waals surface area (Å²) in [5.74, 6) is -1.41. The van der Waals surface area contributed by atoms with Crippen LogP contribution in [0.4, 0.5) is 0 Å². The summed E-state index contributed by atoms with van der Waals surface area (Å²) in [4.78, 5) is 26.8. The molecule has 9 nitrogen and oxygen atoms in total. The zero-order valence-corrected chi connectivity index (χ0v) is 20.1. The summed E-state index contributed by atoms with van der Waals surface area (Å²) < 4.78 is 32.5. The van der Waals surface area contributed by atoms with Crippen LogP contribution in [0.25, 0.3) is 0 Å². The Labute approximate surface area is 195 Å². The molecule has 2 atom stereocenters. The number of nitrogens with zero attached hydrogens (tertiary/aromatic N) is 3. The predicted molar refractivity (Wildman–Crippen MR) is 119 cm³/mol. The normalized spacial score (nSPS) is 23.0. The number of β-amino-alcohol motifs (C(OH)–C–C–N with tert-alkyl or cyclic N) is 1. The van der Waals surface area contributed by atoms with Gasteiger partial charge in [-0.2, -0.15) is 9.57 Å². The molecule has 1 heterocycles. The lowest BCUT2D eigenvalue weighted by Gasteiger charge is -2.38. The van der Waals surface area contributed by atoms with Crippen molar-refractivity contribution in [2.45, 2.75) is 75.0 Å². The molecule has 10 heteroatoms. The molecule has 2 fully saturated rings. The van der Waals surface area contributed by atoms with Crippen LogP contribution in [0.1, 0.15) is 49.7 Å². The van der Waals surface area contributed by atoms with Crippen LogP contribution in [0, 0.1) is 25.2 Å². The van der Waals surface area contributed by atoms with Crippen molar-refractivity contribution in [1.82, 2.24) is 9.21 Å². The fourth-order valence-corrected chi connectivity index (χ4v) is 6.21. The van der Waals surface area contributed by atoms with Gasteiger partial charge in [-0.25, -0.2) is 8.42 Å². The van der Waals surface area contributed by atoms with Crippen molar-refractivity contribution in [3.05, 3.63) is 29.3 Å². The third-order valence-corrected chi connectivity index (χ3v) is 8.70. The predicted octanol–water partition coefficient (Wildman–Crippen LogP) is 1.66. The van der Waals surface area contributed by atoms with E-state index in [0.717, 1.165) is 34.7 Å². The molecule has 1 saturated heterocycles. The maximum Gasteiger partial charge on any atom is 0.325 e. The van der Waals surface area contributed by atoms with Crippen LogP contribution >= 0.6 is 0 Å². The van der Waals surface area contributed by atoms with Crippen LogP contribution in [0.2, 0.25) is 0 Å². The first kappa shape index (κ1) is 25.1. The first-order chi connectivity index (χ1) is 15.5. The number of carbonyl (C=O) groups is 2.